The van der Waals surface area contributed by atoms with Gasteiger partial charge in [0.25, 0.3) is 0 Å². The van der Waals surface area contributed by atoms with E-state index in [-0.39, 0.29) is 12.5 Å². The highest BCUT2D eigenvalue weighted by Gasteiger charge is 2.51. The van der Waals surface area contributed by atoms with Crippen LogP contribution in [0.2, 0.25) is 0 Å². The van der Waals surface area contributed by atoms with Crippen molar-refractivity contribution in [3.8, 4) is 0 Å². The van der Waals surface area contributed by atoms with E-state index in [1.807, 2.05) is 0 Å². The predicted octanol–water partition coefficient (Wildman–Crippen LogP) is 17.6. The molecule has 2 aliphatic rings. The van der Waals surface area contributed by atoms with E-state index in [1.165, 1.54) is 238 Å². The Balaban J connectivity index is 1.61. The van der Waals surface area contributed by atoms with E-state index in [0.717, 1.165) is 83.5 Å². The lowest BCUT2D eigenvalue weighted by Gasteiger charge is -2.46. The zero-order valence-corrected chi connectivity index (χ0v) is 60.2. The molecule has 14 nitrogen and oxygen atoms in total. The van der Waals surface area contributed by atoms with Gasteiger partial charge in [-0.25, -0.2) is 0 Å². The van der Waals surface area contributed by atoms with Crippen molar-refractivity contribution in [1.82, 2.24) is 5.32 Å². The molecule has 0 saturated carbocycles. The van der Waals surface area contributed by atoms with Crippen molar-refractivity contribution >= 4 is 5.91 Å². The van der Waals surface area contributed by atoms with Gasteiger partial charge in [0.15, 0.2) is 12.6 Å². The first-order valence-corrected chi connectivity index (χ1v) is 39.5. The quantitative estimate of drug-likeness (QED) is 0.0204. The van der Waals surface area contributed by atoms with Crippen LogP contribution in [0.3, 0.4) is 0 Å². The Labute approximate surface area is 575 Å². The Morgan fingerprint density at radius 1 is 0.394 bits per heavy atom. The smallest absolute Gasteiger partial charge is 0.220 e. The van der Waals surface area contributed by atoms with Gasteiger partial charge in [0, 0.05) is 6.42 Å². The van der Waals surface area contributed by atoms with Gasteiger partial charge in [-0.3, -0.25) is 4.79 Å². The number of aliphatic hydroxyl groups is 8. The van der Waals surface area contributed by atoms with E-state index in [2.05, 4.69) is 79.9 Å². The number of hydrogen-bond donors (Lipinski definition) is 9. The number of carbonyl (C=O) groups is 1. The van der Waals surface area contributed by atoms with Crippen LogP contribution < -0.4 is 5.32 Å². The van der Waals surface area contributed by atoms with Crippen LogP contribution in [-0.2, 0) is 23.7 Å². The molecule has 12 unspecified atom stereocenters. The van der Waals surface area contributed by atoms with Gasteiger partial charge in [0.1, 0.15) is 48.8 Å². The highest BCUT2D eigenvalue weighted by atomic mass is 16.7. The molecule has 14 heteroatoms. The summed E-state index contributed by atoms with van der Waals surface area (Å²) in [5.41, 5.74) is 0. The summed E-state index contributed by atoms with van der Waals surface area (Å²) in [5, 5.41) is 87.9. The first-order valence-electron chi connectivity index (χ1n) is 39.5. The summed E-state index contributed by atoms with van der Waals surface area (Å²) < 4.78 is 23.0. The van der Waals surface area contributed by atoms with Crippen molar-refractivity contribution in [2.45, 2.75) is 421 Å². The van der Waals surface area contributed by atoms with Crippen LogP contribution in [0.25, 0.3) is 0 Å². The summed E-state index contributed by atoms with van der Waals surface area (Å²) in [6.45, 7) is 2.80. The van der Waals surface area contributed by atoms with E-state index in [0.29, 0.717) is 12.8 Å². The number of ether oxygens (including phenoxy) is 4. The second-order valence-electron chi connectivity index (χ2n) is 27.8. The number of hydrogen-bond acceptors (Lipinski definition) is 13. The van der Waals surface area contributed by atoms with E-state index in [4.69, 9.17) is 18.9 Å². The molecular formula is C80H147NO13. The second-order valence-corrected chi connectivity index (χ2v) is 27.8. The van der Waals surface area contributed by atoms with Crippen molar-refractivity contribution in [1.29, 1.82) is 0 Å². The molecule has 2 aliphatic heterocycles. The summed E-state index contributed by atoms with van der Waals surface area (Å²) in [6, 6.07) is -0.832. The Morgan fingerprint density at radius 2 is 0.734 bits per heavy atom. The van der Waals surface area contributed by atoms with Crippen LogP contribution >= 0.6 is 0 Å². The third-order valence-electron chi connectivity index (χ3n) is 19.2. The molecular weight excluding hydrogens is 1180 g/mol. The highest BCUT2D eigenvalue weighted by Crippen LogP contribution is 2.30. The van der Waals surface area contributed by atoms with Gasteiger partial charge >= 0.3 is 0 Å². The molecule has 12 atom stereocenters. The minimum Gasteiger partial charge on any atom is -0.394 e. The zero-order valence-electron chi connectivity index (χ0n) is 60.2. The average Bonchev–Trinajstić information content (AvgIpc) is 0.794. The first kappa shape index (κ1) is 87.8. The molecule has 550 valence electrons. The third kappa shape index (κ3) is 46.9. The fourth-order valence-electron chi connectivity index (χ4n) is 13.0. The van der Waals surface area contributed by atoms with Crippen molar-refractivity contribution < 1.29 is 64.6 Å². The lowest BCUT2D eigenvalue weighted by atomic mass is 9.97. The number of amides is 1. The third-order valence-corrected chi connectivity index (χ3v) is 19.2. The molecule has 94 heavy (non-hydrogen) atoms. The maximum atomic E-state index is 13.4. The van der Waals surface area contributed by atoms with Gasteiger partial charge in [-0.2, -0.15) is 0 Å². The Hall–Kier alpha value is -2.31. The molecule has 1 amide bonds. The number of aliphatic hydroxyl groups excluding tert-OH is 8. The largest absolute Gasteiger partial charge is 0.394 e. The molecule has 2 fully saturated rings. The summed E-state index contributed by atoms with van der Waals surface area (Å²) in [4.78, 5) is 13.4. The highest BCUT2D eigenvalue weighted by molar-refractivity contribution is 5.76. The summed E-state index contributed by atoms with van der Waals surface area (Å²) in [7, 11) is 0. The Morgan fingerprint density at radius 3 is 1.13 bits per heavy atom. The Kier molecular flexibility index (Phi) is 59.8. The van der Waals surface area contributed by atoms with E-state index in [9.17, 15) is 45.6 Å². The molecule has 0 aromatic rings. The maximum Gasteiger partial charge on any atom is 0.220 e. The minimum atomic E-state index is -1.78. The van der Waals surface area contributed by atoms with Crippen LogP contribution in [0.1, 0.15) is 348 Å². The molecule has 0 bridgehead atoms. The molecule has 2 saturated heterocycles. The van der Waals surface area contributed by atoms with Crippen molar-refractivity contribution in [2.24, 2.45) is 0 Å². The topological polar surface area (TPSA) is 228 Å². The normalized spacial score (nSPS) is 22.7. The SMILES string of the molecule is CC/C=C\C/C=C\C/C=C\C/C=C\C/C=C\CCCCCCCCCCCCCCCCCCCC(=O)NC(COC1OC(CO)C(OC2OC(CO)C(O)C(O)C2O)C(O)C1O)C(O)CCCCCCCCCCCCCCCCCCCCCCCCCCCCC. The number of nitrogens with one attached hydrogen (secondary N) is 1. The standard InChI is InChI=1S/C80H147NO13/c1-3-5-7-9-11-13-15-17-19-21-23-25-27-29-31-32-33-34-35-36-38-40-42-44-46-48-50-52-54-56-58-60-62-64-72(85)81-68(67-91-79-77(90)75(88)78(71(66-83)93-79)94-80-76(89)74(87)73(86)70(65-82)92-80)69(84)63-61-59-57-55-53-51-49-47-45-43-41-39-37-30-28-26-24-22-20-18-16-14-12-10-8-6-4-2/h5,7,11,13,17,19,23,25,29,31,68-71,73-80,82-84,86-90H,3-4,6,8-10,12,14-16,18,20-22,24,26-28,30,32-67H2,1-2H3,(H,81,85)/b7-5-,13-11-,19-17-,25-23-,31-29-. The number of unbranched alkanes of at least 4 members (excludes halogenated alkanes) is 43. The average molecular weight is 1330 g/mol. The molecule has 9 N–H and O–H groups in total. The van der Waals surface area contributed by atoms with E-state index < -0.39 is 86.8 Å². The van der Waals surface area contributed by atoms with Crippen LogP contribution in [-0.4, -0.2) is 140 Å². The van der Waals surface area contributed by atoms with Crippen LogP contribution in [0, 0.1) is 0 Å². The fraction of sp³-hybridized carbons (Fsp3) is 0.863. The molecule has 0 aliphatic carbocycles. The summed E-state index contributed by atoms with van der Waals surface area (Å²) in [5.74, 6) is -0.202. The van der Waals surface area contributed by atoms with Gasteiger partial charge in [-0.15, -0.1) is 0 Å². The van der Waals surface area contributed by atoms with E-state index >= 15 is 0 Å². The van der Waals surface area contributed by atoms with Gasteiger partial charge < -0.3 is 65.1 Å². The van der Waals surface area contributed by atoms with Gasteiger partial charge in [0.05, 0.1) is 32.0 Å². The van der Waals surface area contributed by atoms with Crippen molar-refractivity contribution in [3.05, 3.63) is 60.8 Å². The predicted molar refractivity (Wildman–Crippen MR) is 387 cm³/mol. The van der Waals surface area contributed by atoms with Crippen molar-refractivity contribution in [2.75, 3.05) is 19.8 Å². The lowest BCUT2D eigenvalue weighted by molar-refractivity contribution is -0.359. The van der Waals surface area contributed by atoms with Crippen LogP contribution in [0.4, 0.5) is 0 Å². The maximum absolute atomic E-state index is 13.4. The summed E-state index contributed by atoms with van der Waals surface area (Å²) in [6.07, 6.45) is 69.7. The molecule has 0 aromatic heterocycles. The number of allylic oxidation sites excluding steroid dienone is 10. The molecule has 0 aromatic carbocycles. The monoisotopic (exact) mass is 1330 g/mol. The van der Waals surface area contributed by atoms with Crippen molar-refractivity contribution in [3.63, 3.8) is 0 Å². The van der Waals surface area contributed by atoms with Gasteiger partial charge in [-0.05, 0) is 57.8 Å². The molecule has 0 spiro atoms. The zero-order chi connectivity index (χ0) is 68.0. The number of carbonyl (C=O) groups excluding carboxylic acids is 1. The minimum absolute atomic E-state index is 0.202. The Bertz CT molecular complexity index is 1810. The van der Waals surface area contributed by atoms with Gasteiger partial charge in [0.2, 0.25) is 5.91 Å². The van der Waals surface area contributed by atoms with Gasteiger partial charge in [-0.1, -0.05) is 344 Å². The molecule has 2 rings (SSSR count). The van der Waals surface area contributed by atoms with E-state index in [1.54, 1.807) is 0 Å². The van der Waals surface area contributed by atoms with Crippen LogP contribution in [0.5, 0.6) is 0 Å². The number of rotatable bonds is 66. The van der Waals surface area contributed by atoms with Crippen LogP contribution in [0.15, 0.2) is 60.8 Å². The summed E-state index contributed by atoms with van der Waals surface area (Å²) >= 11 is 0. The lowest BCUT2D eigenvalue weighted by Crippen LogP contribution is -2.65. The first-order chi connectivity index (χ1) is 46.1. The molecule has 0 radical (unpaired) electrons. The fourth-order valence-corrected chi connectivity index (χ4v) is 13.0. The second kappa shape index (κ2) is 64.1. The molecule has 2 heterocycles.